The summed E-state index contributed by atoms with van der Waals surface area (Å²) in [4.78, 5) is 11.1. The van der Waals surface area contributed by atoms with E-state index in [0.717, 1.165) is 0 Å². The van der Waals surface area contributed by atoms with Crippen molar-refractivity contribution in [1.82, 2.24) is 0 Å². The van der Waals surface area contributed by atoms with Gasteiger partial charge in [-0.25, -0.2) is 4.79 Å². The molecule has 0 bridgehead atoms. The molecule has 0 rings (SSSR count). The molecule has 0 saturated heterocycles. The summed E-state index contributed by atoms with van der Waals surface area (Å²) < 4.78 is 5.10. The Morgan fingerprint density at radius 2 is 1.79 bits per heavy atom. The number of hydrogen-bond donors (Lipinski definition) is 0. The Bertz CT molecular complexity index is 206. The number of carbonyl (C=O) groups excluding carboxylic acids is 1. The molecule has 0 N–H and O–H groups in total. The molecule has 0 amide bonds. The molecule has 0 radical (unpaired) electrons. The molecule has 0 aliphatic carbocycles. The molecule has 82 valence electrons. The van der Waals surface area contributed by atoms with E-state index in [1.807, 2.05) is 0 Å². The van der Waals surface area contributed by atoms with Gasteiger partial charge in [0.15, 0.2) is 0 Å². The minimum Gasteiger partial charge on any atom is -0.462 e. The van der Waals surface area contributed by atoms with Crippen LogP contribution in [0.3, 0.4) is 0 Å². The van der Waals surface area contributed by atoms with Crippen LogP contribution in [0.25, 0.3) is 0 Å². The van der Waals surface area contributed by atoms with Gasteiger partial charge in [-0.2, -0.15) is 0 Å². The van der Waals surface area contributed by atoms with Crippen molar-refractivity contribution in [2.45, 2.75) is 34.6 Å². The van der Waals surface area contributed by atoms with Gasteiger partial charge in [-0.1, -0.05) is 34.3 Å². The monoisotopic (exact) mass is 198 g/mol. The Balaban J connectivity index is 3.90. The first-order valence-corrected chi connectivity index (χ1v) is 5.18. The molecule has 2 nitrogen and oxygen atoms in total. The summed E-state index contributed by atoms with van der Waals surface area (Å²) in [5, 5.41) is 0. The third kappa shape index (κ3) is 4.45. The van der Waals surface area contributed by atoms with Crippen molar-refractivity contribution in [3.8, 4) is 0 Å². The van der Waals surface area contributed by atoms with Crippen LogP contribution < -0.4 is 0 Å². The van der Waals surface area contributed by atoms with Gasteiger partial charge in [0.2, 0.25) is 0 Å². The van der Waals surface area contributed by atoms with Gasteiger partial charge in [0, 0.05) is 5.57 Å². The van der Waals surface area contributed by atoms with Gasteiger partial charge in [-0.05, 0) is 24.7 Å². The number of carbonyl (C=O) groups is 1. The molecule has 14 heavy (non-hydrogen) atoms. The zero-order valence-electron chi connectivity index (χ0n) is 9.96. The molecule has 0 spiro atoms. The highest BCUT2D eigenvalue weighted by Gasteiger charge is 2.17. The van der Waals surface area contributed by atoms with E-state index in [9.17, 15) is 4.79 Å². The second-order valence-corrected chi connectivity index (χ2v) is 4.46. The number of esters is 1. The maximum atomic E-state index is 11.1. The summed E-state index contributed by atoms with van der Waals surface area (Å²) in [5.41, 5.74) is 0.467. The van der Waals surface area contributed by atoms with Crippen molar-refractivity contribution < 1.29 is 9.53 Å². The van der Waals surface area contributed by atoms with Crippen LogP contribution in [0.1, 0.15) is 34.6 Å². The van der Waals surface area contributed by atoms with Crippen molar-refractivity contribution in [2.24, 2.45) is 17.8 Å². The molecule has 0 heterocycles. The van der Waals surface area contributed by atoms with E-state index in [1.54, 1.807) is 6.92 Å². The van der Waals surface area contributed by atoms with Crippen LogP contribution in [-0.4, -0.2) is 12.6 Å². The fourth-order valence-electron chi connectivity index (χ4n) is 1.14. The van der Waals surface area contributed by atoms with Crippen molar-refractivity contribution in [3.05, 3.63) is 12.2 Å². The zero-order valence-corrected chi connectivity index (χ0v) is 9.96. The Kier molecular flexibility index (Phi) is 5.51. The van der Waals surface area contributed by atoms with E-state index < -0.39 is 0 Å². The third-order valence-corrected chi connectivity index (χ3v) is 2.77. The van der Waals surface area contributed by atoms with Gasteiger partial charge in [-0.3, -0.25) is 0 Å². The predicted octanol–water partition coefficient (Wildman–Crippen LogP) is 3.03. The molecule has 2 heteroatoms. The highest BCUT2D eigenvalue weighted by atomic mass is 16.5. The second kappa shape index (κ2) is 5.84. The van der Waals surface area contributed by atoms with Gasteiger partial charge in [0.1, 0.15) is 0 Å². The van der Waals surface area contributed by atoms with Crippen LogP contribution in [0.2, 0.25) is 0 Å². The van der Waals surface area contributed by atoms with E-state index in [4.69, 9.17) is 4.74 Å². The van der Waals surface area contributed by atoms with Crippen LogP contribution in [0.4, 0.5) is 0 Å². The molecule has 0 aliphatic rings. The molecule has 0 saturated carbocycles. The van der Waals surface area contributed by atoms with Gasteiger partial charge >= 0.3 is 5.97 Å². The lowest BCUT2D eigenvalue weighted by Crippen LogP contribution is -2.21. The summed E-state index contributed by atoms with van der Waals surface area (Å²) in [6.45, 7) is 14.4. The third-order valence-electron chi connectivity index (χ3n) is 2.77. The summed E-state index contributed by atoms with van der Waals surface area (Å²) in [6, 6.07) is 0. The molecule has 0 aromatic heterocycles. The van der Waals surface area contributed by atoms with Gasteiger partial charge in [0.25, 0.3) is 0 Å². The summed E-state index contributed by atoms with van der Waals surface area (Å²) >= 11 is 0. The van der Waals surface area contributed by atoms with E-state index in [0.29, 0.717) is 29.9 Å². The molecule has 0 aromatic carbocycles. The van der Waals surface area contributed by atoms with E-state index in [-0.39, 0.29) is 5.97 Å². The molecule has 0 aromatic rings. The molecular weight excluding hydrogens is 176 g/mol. The molecule has 2 atom stereocenters. The fourth-order valence-corrected chi connectivity index (χ4v) is 1.14. The Hall–Kier alpha value is -0.790. The van der Waals surface area contributed by atoms with Crippen LogP contribution in [-0.2, 0) is 9.53 Å². The average Bonchev–Trinajstić information content (AvgIpc) is 2.11. The predicted molar refractivity (Wildman–Crippen MR) is 58.9 cm³/mol. The molecular formula is C12H22O2. The minimum atomic E-state index is -0.284. The molecule has 0 fully saturated rings. The van der Waals surface area contributed by atoms with Gasteiger partial charge in [-0.15, -0.1) is 0 Å². The highest BCUT2D eigenvalue weighted by molar-refractivity contribution is 5.86. The lowest BCUT2D eigenvalue weighted by Gasteiger charge is -2.22. The lowest BCUT2D eigenvalue weighted by molar-refractivity contribution is -0.140. The smallest absolute Gasteiger partial charge is 0.333 e. The van der Waals surface area contributed by atoms with Crippen LogP contribution in [0, 0.1) is 17.8 Å². The number of ether oxygens (including phenoxy) is 1. The van der Waals surface area contributed by atoms with Gasteiger partial charge in [0.05, 0.1) is 6.61 Å². The molecule has 2 unspecified atom stereocenters. The normalized spacial score (nSPS) is 15.0. The first-order chi connectivity index (χ1) is 6.36. The van der Waals surface area contributed by atoms with Crippen LogP contribution in [0.15, 0.2) is 12.2 Å². The quantitative estimate of drug-likeness (QED) is 0.501. The number of rotatable bonds is 5. The SMILES string of the molecule is C=C(C)C(=O)OCC(C)C(C)C(C)C. The summed E-state index contributed by atoms with van der Waals surface area (Å²) in [7, 11) is 0. The highest BCUT2D eigenvalue weighted by Crippen LogP contribution is 2.20. The van der Waals surface area contributed by atoms with Crippen LogP contribution >= 0.6 is 0 Å². The largest absolute Gasteiger partial charge is 0.462 e. The lowest BCUT2D eigenvalue weighted by atomic mass is 9.87. The second-order valence-electron chi connectivity index (χ2n) is 4.46. The fraction of sp³-hybridized carbons (Fsp3) is 0.750. The van der Waals surface area contributed by atoms with Crippen molar-refractivity contribution >= 4 is 5.97 Å². The van der Waals surface area contributed by atoms with E-state index >= 15 is 0 Å². The van der Waals surface area contributed by atoms with E-state index in [1.165, 1.54) is 0 Å². The van der Waals surface area contributed by atoms with Crippen LogP contribution in [0.5, 0.6) is 0 Å². The maximum absolute atomic E-state index is 11.1. The zero-order chi connectivity index (χ0) is 11.3. The summed E-state index contributed by atoms with van der Waals surface area (Å²) in [5.74, 6) is 1.30. The number of hydrogen-bond acceptors (Lipinski definition) is 2. The standard InChI is InChI=1S/C12H22O2/c1-8(2)11(6)10(5)7-14-12(13)9(3)4/h8,10-11H,3,7H2,1-2,4-6H3. The van der Waals surface area contributed by atoms with Crippen molar-refractivity contribution in [1.29, 1.82) is 0 Å². The maximum Gasteiger partial charge on any atom is 0.333 e. The first-order valence-electron chi connectivity index (χ1n) is 5.18. The van der Waals surface area contributed by atoms with Crippen molar-refractivity contribution in [3.63, 3.8) is 0 Å². The summed E-state index contributed by atoms with van der Waals surface area (Å²) in [6.07, 6.45) is 0. The Morgan fingerprint density at radius 1 is 1.29 bits per heavy atom. The minimum absolute atomic E-state index is 0.284. The van der Waals surface area contributed by atoms with E-state index in [2.05, 4.69) is 34.3 Å². The Labute approximate surface area is 87.3 Å². The molecule has 0 aliphatic heterocycles. The van der Waals surface area contributed by atoms with Gasteiger partial charge < -0.3 is 4.74 Å². The first kappa shape index (κ1) is 13.2. The average molecular weight is 198 g/mol. The Morgan fingerprint density at radius 3 is 2.14 bits per heavy atom. The van der Waals surface area contributed by atoms with Crippen molar-refractivity contribution in [2.75, 3.05) is 6.61 Å². The topological polar surface area (TPSA) is 26.3 Å².